The third-order valence-corrected chi connectivity index (χ3v) is 9.21. The molecular weight excluding hydrogens is 352 g/mol. The second-order valence-corrected chi connectivity index (χ2v) is 10.5. The Morgan fingerprint density at radius 2 is 1.79 bits per heavy atom. The second-order valence-electron chi connectivity index (χ2n) is 10.5. The number of carbonyl (C=O) groups excluding carboxylic acids is 1. The van der Waals surface area contributed by atoms with E-state index in [0.717, 1.165) is 42.1 Å². The molecule has 4 rings (SSSR count). The van der Waals surface area contributed by atoms with Gasteiger partial charge in [0.05, 0.1) is 0 Å². The molecule has 0 aromatic rings. The summed E-state index contributed by atoms with van der Waals surface area (Å²) in [7, 11) is 0. The monoisotopic (exact) mass is 394 g/mol. The lowest BCUT2D eigenvalue weighted by atomic mass is 9.47. The minimum Gasteiger partial charge on any atom is -0.233 e. The molecule has 3 saturated carbocycles. The van der Waals surface area contributed by atoms with Crippen LogP contribution in [-0.4, -0.2) is 5.94 Å². The number of fused-ring (bicyclic) bond motifs is 5. The van der Waals surface area contributed by atoms with Crippen LogP contribution in [0, 0.1) is 47.3 Å². The predicted octanol–water partition coefficient (Wildman–Crippen LogP) is 7.57. The largest absolute Gasteiger partial charge is 0.233 e. The summed E-state index contributed by atoms with van der Waals surface area (Å²) in [4.78, 5) is 11.0. The Morgan fingerprint density at radius 3 is 2.38 bits per heavy atom. The Bertz CT molecular complexity index is 703. The van der Waals surface area contributed by atoms with Gasteiger partial charge in [-0.3, -0.25) is 0 Å². The molecule has 0 bridgehead atoms. The van der Waals surface area contributed by atoms with Crippen molar-refractivity contribution < 1.29 is 4.79 Å². The van der Waals surface area contributed by atoms with Gasteiger partial charge in [-0.15, -0.1) is 19.4 Å². The molecular formula is C28H42O. The van der Waals surface area contributed by atoms with Gasteiger partial charge < -0.3 is 0 Å². The molecule has 6 unspecified atom stereocenters. The molecule has 1 heteroatoms. The standard InChI is InChI=1S/C21H30O.C5H10.C2H2/c1-14-4-7-18-17-6-5-16-12-15(13-22)8-10-21(16,3)19(17)9-11-20(14,18)2;1-4-5(2)3;1-2/h12,14,17-19H,4-11H2,1-3H3;2,4H2,1,3H3;1-2H. The molecule has 0 aliphatic heterocycles. The maximum atomic E-state index is 11.0. The first-order valence-electron chi connectivity index (χ1n) is 11.7. The zero-order valence-corrected chi connectivity index (χ0v) is 19.5. The molecule has 4 aliphatic rings. The van der Waals surface area contributed by atoms with Crippen LogP contribution >= 0.6 is 0 Å². The van der Waals surface area contributed by atoms with Crippen LogP contribution in [0.4, 0.5) is 0 Å². The van der Waals surface area contributed by atoms with Crippen LogP contribution < -0.4 is 0 Å². The summed E-state index contributed by atoms with van der Waals surface area (Å²) in [6.07, 6.45) is 21.8. The van der Waals surface area contributed by atoms with Crippen molar-refractivity contribution in [1.29, 1.82) is 0 Å². The smallest absolute Gasteiger partial charge is 0.127 e. The molecule has 160 valence electrons. The van der Waals surface area contributed by atoms with Gasteiger partial charge in [-0.25, -0.2) is 4.79 Å². The first kappa shape index (κ1) is 23.8. The van der Waals surface area contributed by atoms with Gasteiger partial charge in [-0.05, 0) is 105 Å². The van der Waals surface area contributed by atoms with Crippen molar-refractivity contribution in [3.8, 4) is 12.8 Å². The molecule has 6 atom stereocenters. The van der Waals surface area contributed by atoms with E-state index in [4.69, 9.17) is 0 Å². The van der Waals surface area contributed by atoms with Crippen molar-refractivity contribution in [3.63, 3.8) is 0 Å². The van der Waals surface area contributed by atoms with E-state index in [1.54, 1.807) is 5.57 Å². The minimum absolute atomic E-state index is 0.371. The van der Waals surface area contributed by atoms with Crippen LogP contribution in [-0.2, 0) is 4.79 Å². The lowest BCUT2D eigenvalue weighted by Crippen LogP contribution is -2.49. The Kier molecular flexibility index (Phi) is 7.81. The van der Waals surface area contributed by atoms with Crippen molar-refractivity contribution in [2.75, 3.05) is 0 Å². The van der Waals surface area contributed by atoms with Crippen molar-refractivity contribution in [2.45, 2.75) is 92.4 Å². The summed E-state index contributed by atoms with van der Waals surface area (Å²) < 4.78 is 0. The summed E-state index contributed by atoms with van der Waals surface area (Å²) in [5.41, 5.74) is 4.73. The van der Waals surface area contributed by atoms with Crippen LogP contribution in [0.15, 0.2) is 29.4 Å². The van der Waals surface area contributed by atoms with E-state index in [-0.39, 0.29) is 0 Å². The number of allylic oxidation sites excluding steroid dienone is 4. The lowest BCUT2D eigenvalue weighted by Gasteiger charge is -2.58. The SMILES string of the molecule is C#C.C=C(C)CC.CC1CCC2C3CCC4=CC(=C=O)CCC4(C)C3CCC12C. The molecule has 0 aromatic heterocycles. The number of hydrogen-bond acceptors (Lipinski definition) is 1. The average Bonchev–Trinajstić information content (AvgIpc) is 3.04. The fourth-order valence-electron chi connectivity index (χ4n) is 6.93. The highest BCUT2D eigenvalue weighted by Crippen LogP contribution is 2.66. The van der Waals surface area contributed by atoms with Gasteiger partial charge in [0.1, 0.15) is 5.94 Å². The van der Waals surface area contributed by atoms with Crippen LogP contribution in [0.5, 0.6) is 0 Å². The van der Waals surface area contributed by atoms with Crippen molar-refractivity contribution in [2.24, 2.45) is 34.5 Å². The normalized spacial score (nSPS) is 39.7. The second kappa shape index (κ2) is 9.53. The van der Waals surface area contributed by atoms with E-state index in [0.29, 0.717) is 10.8 Å². The molecule has 3 fully saturated rings. The van der Waals surface area contributed by atoms with Crippen LogP contribution in [0.25, 0.3) is 0 Å². The average molecular weight is 395 g/mol. The first-order valence-corrected chi connectivity index (χ1v) is 11.7. The fraction of sp³-hybridized carbons (Fsp3) is 0.714. The quantitative estimate of drug-likeness (QED) is 0.255. The number of hydrogen-bond donors (Lipinski definition) is 0. The van der Waals surface area contributed by atoms with Gasteiger partial charge >= 0.3 is 0 Å². The summed E-state index contributed by atoms with van der Waals surface area (Å²) in [5, 5.41) is 0. The molecule has 0 amide bonds. The van der Waals surface area contributed by atoms with Crippen LogP contribution in [0.3, 0.4) is 0 Å². The Labute approximate surface area is 180 Å². The van der Waals surface area contributed by atoms with Gasteiger partial charge in [0.15, 0.2) is 0 Å². The highest BCUT2D eigenvalue weighted by Gasteiger charge is 2.57. The molecule has 0 spiro atoms. The van der Waals surface area contributed by atoms with Gasteiger partial charge in [-0.1, -0.05) is 38.8 Å². The van der Waals surface area contributed by atoms with Crippen molar-refractivity contribution in [3.05, 3.63) is 29.4 Å². The molecule has 1 nitrogen and oxygen atoms in total. The van der Waals surface area contributed by atoms with Gasteiger partial charge in [0.2, 0.25) is 0 Å². The van der Waals surface area contributed by atoms with E-state index in [9.17, 15) is 4.79 Å². The predicted molar refractivity (Wildman–Crippen MR) is 125 cm³/mol. The van der Waals surface area contributed by atoms with Gasteiger partial charge in [0, 0.05) is 5.57 Å². The van der Waals surface area contributed by atoms with Crippen molar-refractivity contribution >= 4 is 5.94 Å². The van der Waals surface area contributed by atoms with E-state index >= 15 is 0 Å². The van der Waals surface area contributed by atoms with Gasteiger partial charge in [-0.2, -0.15) is 0 Å². The van der Waals surface area contributed by atoms with Gasteiger partial charge in [0.25, 0.3) is 0 Å². The third-order valence-electron chi connectivity index (χ3n) is 9.21. The molecule has 0 heterocycles. The van der Waals surface area contributed by atoms with E-state index in [2.05, 4.69) is 59.1 Å². The molecule has 29 heavy (non-hydrogen) atoms. The minimum atomic E-state index is 0.371. The zero-order valence-electron chi connectivity index (χ0n) is 19.5. The Balaban J connectivity index is 0.000000378. The molecule has 0 N–H and O–H groups in total. The Hall–Kier alpha value is -1.51. The van der Waals surface area contributed by atoms with Crippen LogP contribution in [0.1, 0.15) is 92.4 Å². The molecule has 0 aromatic carbocycles. The van der Waals surface area contributed by atoms with Crippen molar-refractivity contribution in [1.82, 2.24) is 0 Å². The van der Waals surface area contributed by atoms with E-state index in [1.165, 1.54) is 50.5 Å². The Morgan fingerprint density at radius 1 is 1.14 bits per heavy atom. The van der Waals surface area contributed by atoms with E-state index in [1.807, 2.05) is 6.92 Å². The maximum Gasteiger partial charge on any atom is 0.127 e. The third kappa shape index (κ3) is 4.34. The molecule has 0 radical (unpaired) electrons. The summed E-state index contributed by atoms with van der Waals surface area (Å²) in [6, 6.07) is 0. The summed E-state index contributed by atoms with van der Waals surface area (Å²) in [6.45, 7) is 15.4. The van der Waals surface area contributed by atoms with Crippen LogP contribution in [0.2, 0.25) is 0 Å². The summed E-state index contributed by atoms with van der Waals surface area (Å²) in [5.74, 6) is 5.84. The highest BCUT2D eigenvalue weighted by atomic mass is 16.1. The fourth-order valence-corrected chi connectivity index (χ4v) is 6.93. The lowest BCUT2D eigenvalue weighted by molar-refractivity contribution is -0.0473. The maximum absolute atomic E-state index is 11.0. The zero-order chi connectivity index (χ0) is 21.8. The molecule has 4 aliphatic carbocycles. The first-order chi connectivity index (χ1) is 13.8. The number of rotatable bonds is 1. The summed E-state index contributed by atoms with van der Waals surface area (Å²) >= 11 is 0. The highest BCUT2D eigenvalue weighted by molar-refractivity contribution is 5.59. The van der Waals surface area contributed by atoms with E-state index < -0.39 is 0 Å². The topological polar surface area (TPSA) is 17.1 Å². The molecule has 0 saturated heterocycles. The number of terminal acetylenes is 1.